The van der Waals surface area contributed by atoms with Gasteiger partial charge in [-0.1, -0.05) is 75.5 Å². The van der Waals surface area contributed by atoms with Crippen LogP contribution in [0, 0.1) is 6.92 Å². The maximum absolute atomic E-state index is 6.39. The third kappa shape index (κ3) is 11.8. The minimum Gasteiger partial charge on any atom is -0.493 e. The predicted octanol–water partition coefficient (Wildman–Crippen LogP) is 8.09. The number of nitrogens with one attached hydrogen (secondary N) is 1. The molecule has 3 nitrogen and oxygen atoms in total. The molecule has 0 fully saturated rings. The van der Waals surface area contributed by atoms with E-state index in [1.165, 1.54) is 55.2 Å². The summed E-state index contributed by atoms with van der Waals surface area (Å²) >= 11 is 0. The second-order valence-corrected chi connectivity index (χ2v) is 8.86. The molecule has 32 heavy (non-hydrogen) atoms. The summed E-state index contributed by atoms with van der Waals surface area (Å²) in [4.78, 5) is 0. The van der Waals surface area contributed by atoms with Gasteiger partial charge in [-0.25, -0.2) is 0 Å². The number of rotatable bonds is 10. The van der Waals surface area contributed by atoms with Crippen LogP contribution in [-0.2, 0) is 0 Å². The van der Waals surface area contributed by atoms with E-state index in [0.29, 0.717) is 6.61 Å². The Labute approximate surface area is 197 Å². The number of hydrogen-bond donors (Lipinski definition) is 2. The molecule has 0 saturated carbocycles. The highest BCUT2D eigenvalue weighted by atomic mass is 16.5. The highest BCUT2D eigenvalue weighted by Gasteiger charge is 2.13. The van der Waals surface area contributed by atoms with Crippen molar-refractivity contribution < 1.29 is 4.74 Å². The Kier molecular flexibility index (Phi) is 14.0. The average Bonchev–Trinajstić information content (AvgIpc) is 2.96. The largest absolute Gasteiger partial charge is 0.493 e. The number of aryl methyl sites for hydroxylation is 1. The summed E-state index contributed by atoms with van der Waals surface area (Å²) in [5, 5.41) is 3.48. The summed E-state index contributed by atoms with van der Waals surface area (Å²) in [5.41, 5.74) is 13.1. The summed E-state index contributed by atoms with van der Waals surface area (Å²) in [6, 6.07) is 8.17. The molecule has 2 rings (SSSR count). The minimum atomic E-state index is 0.635. The molecule has 0 aliphatic heterocycles. The van der Waals surface area contributed by atoms with Crippen LogP contribution in [0.25, 0.3) is 0 Å². The monoisotopic (exact) mass is 438 g/mol. The Morgan fingerprint density at radius 1 is 1.06 bits per heavy atom. The Balaban J connectivity index is 0.000000920. The van der Waals surface area contributed by atoms with Gasteiger partial charge in [0, 0.05) is 23.5 Å². The predicted molar refractivity (Wildman–Crippen MR) is 141 cm³/mol. The van der Waals surface area contributed by atoms with E-state index in [2.05, 4.69) is 70.8 Å². The molecule has 3 heteroatoms. The van der Waals surface area contributed by atoms with Gasteiger partial charge in [-0.3, -0.25) is 0 Å². The van der Waals surface area contributed by atoms with E-state index in [4.69, 9.17) is 10.5 Å². The molecular weight excluding hydrogens is 392 g/mol. The standard InChI is InChI=1S/C24H34N2O.C5H12/c1-18(2)17-20(4)26-24(22-9-6-5-7-10-23(22)25)11-8-16-27-21-14-12-19(3)13-15-21;1-3-5-4-2/h11-15,17,26H,4-10,16,25H2,1-3H3;3-5H2,1-2H3/b24-11+;. The molecule has 0 bridgehead atoms. The van der Waals surface area contributed by atoms with Gasteiger partial charge in [0.1, 0.15) is 5.75 Å². The smallest absolute Gasteiger partial charge is 0.119 e. The lowest BCUT2D eigenvalue weighted by Crippen LogP contribution is -2.16. The summed E-state index contributed by atoms with van der Waals surface area (Å²) < 4.78 is 5.87. The number of nitrogens with two attached hydrogens (primary N) is 1. The van der Waals surface area contributed by atoms with Crippen LogP contribution in [0.1, 0.15) is 91.0 Å². The fraction of sp³-hybridized carbons (Fsp3) is 0.517. The zero-order valence-corrected chi connectivity index (χ0v) is 21.2. The zero-order chi connectivity index (χ0) is 23.8. The SMILES string of the molecule is C=C(C=C(C)C)N/C(=C/CCOc1ccc(C)cc1)C1=C(N)CCCCC1.CCCCC. The molecule has 178 valence electrons. The molecule has 0 radical (unpaired) electrons. The summed E-state index contributed by atoms with van der Waals surface area (Å²) in [7, 11) is 0. The van der Waals surface area contributed by atoms with Gasteiger partial charge in [-0.05, 0) is 70.2 Å². The van der Waals surface area contributed by atoms with Gasteiger partial charge in [0.15, 0.2) is 0 Å². The first-order valence-electron chi connectivity index (χ1n) is 12.4. The average molecular weight is 439 g/mol. The van der Waals surface area contributed by atoms with Crippen molar-refractivity contribution in [3.05, 3.63) is 76.8 Å². The maximum Gasteiger partial charge on any atom is 0.119 e. The van der Waals surface area contributed by atoms with Crippen molar-refractivity contribution in [1.29, 1.82) is 0 Å². The number of ether oxygens (including phenoxy) is 1. The molecule has 0 unspecified atom stereocenters. The number of benzene rings is 1. The molecule has 0 aromatic heterocycles. The fourth-order valence-electron chi connectivity index (χ4n) is 3.59. The second-order valence-electron chi connectivity index (χ2n) is 8.86. The lowest BCUT2D eigenvalue weighted by atomic mass is 10.0. The van der Waals surface area contributed by atoms with Crippen LogP contribution in [0.4, 0.5) is 0 Å². The van der Waals surface area contributed by atoms with Crippen molar-refractivity contribution in [2.75, 3.05) is 6.61 Å². The van der Waals surface area contributed by atoms with Crippen LogP contribution in [0.15, 0.2) is 71.2 Å². The first-order chi connectivity index (χ1) is 15.4. The van der Waals surface area contributed by atoms with Crippen LogP contribution < -0.4 is 15.8 Å². The number of hydrogen-bond acceptors (Lipinski definition) is 3. The van der Waals surface area contributed by atoms with E-state index in [1.807, 2.05) is 12.1 Å². The fourth-order valence-corrected chi connectivity index (χ4v) is 3.59. The first kappa shape index (κ1) is 27.6. The summed E-state index contributed by atoms with van der Waals surface area (Å²) in [6.07, 6.45) is 14.7. The Hall–Kier alpha value is -2.42. The van der Waals surface area contributed by atoms with Gasteiger partial charge in [-0.15, -0.1) is 0 Å². The first-order valence-corrected chi connectivity index (χ1v) is 12.4. The lowest BCUT2D eigenvalue weighted by Gasteiger charge is -2.17. The van der Waals surface area contributed by atoms with E-state index in [9.17, 15) is 0 Å². The van der Waals surface area contributed by atoms with Crippen LogP contribution in [0.5, 0.6) is 5.75 Å². The third-order valence-corrected chi connectivity index (χ3v) is 5.31. The van der Waals surface area contributed by atoms with Gasteiger partial charge in [-0.2, -0.15) is 0 Å². The van der Waals surface area contributed by atoms with Crippen molar-refractivity contribution in [2.24, 2.45) is 5.73 Å². The number of allylic oxidation sites excluding steroid dienone is 4. The Bertz CT molecular complexity index is 763. The summed E-state index contributed by atoms with van der Waals surface area (Å²) in [6.45, 7) is 15.4. The van der Waals surface area contributed by atoms with Crippen LogP contribution in [0.3, 0.4) is 0 Å². The number of unbranched alkanes of at least 4 members (excludes halogenated alkanes) is 2. The van der Waals surface area contributed by atoms with E-state index < -0.39 is 0 Å². The van der Waals surface area contributed by atoms with E-state index >= 15 is 0 Å². The minimum absolute atomic E-state index is 0.635. The topological polar surface area (TPSA) is 47.3 Å². The molecule has 0 spiro atoms. The van der Waals surface area contributed by atoms with Gasteiger partial charge >= 0.3 is 0 Å². The molecule has 1 aromatic rings. The van der Waals surface area contributed by atoms with Crippen LogP contribution in [-0.4, -0.2) is 6.61 Å². The molecule has 1 aliphatic carbocycles. The lowest BCUT2D eigenvalue weighted by molar-refractivity contribution is 0.324. The molecule has 0 saturated heterocycles. The maximum atomic E-state index is 6.39. The van der Waals surface area contributed by atoms with Gasteiger partial charge < -0.3 is 15.8 Å². The highest BCUT2D eigenvalue weighted by molar-refractivity contribution is 5.37. The quantitative estimate of drug-likeness (QED) is 0.286. The highest BCUT2D eigenvalue weighted by Crippen LogP contribution is 2.26. The van der Waals surface area contributed by atoms with E-state index in [-0.39, 0.29) is 0 Å². The molecule has 0 atom stereocenters. The van der Waals surface area contributed by atoms with E-state index in [0.717, 1.165) is 42.1 Å². The summed E-state index contributed by atoms with van der Waals surface area (Å²) in [5.74, 6) is 0.908. The third-order valence-electron chi connectivity index (χ3n) is 5.31. The van der Waals surface area contributed by atoms with Crippen LogP contribution >= 0.6 is 0 Å². The van der Waals surface area contributed by atoms with E-state index in [1.54, 1.807) is 0 Å². The van der Waals surface area contributed by atoms with Crippen molar-refractivity contribution >= 4 is 0 Å². The molecular formula is C29H46N2O. The molecule has 1 aliphatic rings. The molecule has 0 heterocycles. The normalized spacial score (nSPS) is 14.1. The van der Waals surface area contributed by atoms with Crippen molar-refractivity contribution in [3.8, 4) is 5.75 Å². The Morgan fingerprint density at radius 3 is 2.31 bits per heavy atom. The molecule has 0 amide bonds. The van der Waals surface area contributed by atoms with Crippen LogP contribution in [0.2, 0.25) is 0 Å². The van der Waals surface area contributed by atoms with Gasteiger partial charge in [0.2, 0.25) is 0 Å². The van der Waals surface area contributed by atoms with Gasteiger partial charge in [0.05, 0.1) is 6.61 Å². The second kappa shape index (κ2) is 16.2. The van der Waals surface area contributed by atoms with Crippen molar-refractivity contribution in [2.45, 2.75) is 92.4 Å². The van der Waals surface area contributed by atoms with Crippen molar-refractivity contribution in [3.63, 3.8) is 0 Å². The molecule has 3 N–H and O–H groups in total. The zero-order valence-electron chi connectivity index (χ0n) is 21.2. The van der Waals surface area contributed by atoms with Gasteiger partial charge in [0.25, 0.3) is 0 Å². The molecule has 1 aromatic carbocycles. The van der Waals surface area contributed by atoms with Crippen molar-refractivity contribution in [1.82, 2.24) is 5.32 Å². The Morgan fingerprint density at radius 2 is 1.72 bits per heavy atom.